The summed E-state index contributed by atoms with van der Waals surface area (Å²) >= 11 is 6.42. The standard InChI is InChI=1S/C32H36ClN9O3/c1-40(2)39-29(24-9-11-27(43)37-31(24)45)19-4-7-23(8-5-19)42-14-12-21(13-15-42)36-32-34-18-25(33)30(38-32)35-22-6-10-26-20(16-22)17-28(44)41(26)3/h4-8,10,16,18,21,24H,9,11-15,17H2,1-3H3,(H,37,43,45)(H2,34,35,36,38)/b39-29+. The molecular weight excluding hydrogens is 594 g/mol. The quantitative estimate of drug-likeness (QED) is 0.193. The summed E-state index contributed by atoms with van der Waals surface area (Å²) in [5.41, 5.74) is 5.31. The highest BCUT2D eigenvalue weighted by Gasteiger charge is 2.32. The van der Waals surface area contributed by atoms with E-state index in [-0.39, 0.29) is 23.8 Å². The molecule has 2 fully saturated rings. The number of carbonyl (C=O) groups excluding carboxylic acids is 3. The Bertz CT molecular complexity index is 1650. The molecule has 1 aromatic heterocycles. The van der Waals surface area contributed by atoms with E-state index in [1.165, 1.54) is 0 Å². The summed E-state index contributed by atoms with van der Waals surface area (Å²) in [5.74, 6) is 0.0683. The van der Waals surface area contributed by atoms with E-state index in [4.69, 9.17) is 11.6 Å². The van der Waals surface area contributed by atoms with Crippen LogP contribution in [0.15, 0.2) is 53.8 Å². The second-order valence-electron chi connectivity index (χ2n) is 11.8. The van der Waals surface area contributed by atoms with Gasteiger partial charge < -0.3 is 25.4 Å². The molecule has 0 saturated carbocycles. The molecule has 2 saturated heterocycles. The lowest BCUT2D eigenvalue weighted by atomic mass is 9.89. The number of carbonyl (C=O) groups is 3. The van der Waals surface area contributed by atoms with Gasteiger partial charge in [0, 0.05) is 63.8 Å². The largest absolute Gasteiger partial charge is 0.371 e. The molecule has 0 bridgehead atoms. The third-order valence-electron chi connectivity index (χ3n) is 8.40. The summed E-state index contributed by atoms with van der Waals surface area (Å²) < 4.78 is 0. The summed E-state index contributed by atoms with van der Waals surface area (Å²) in [7, 11) is 5.43. The smallest absolute Gasteiger partial charge is 0.235 e. The second kappa shape index (κ2) is 12.7. The normalized spacial score (nSPS) is 19.0. The van der Waals surface area contributed by atoms with Gasteiger partial charge in [0.05, 0.1) is 24.2 Å². The van der Waals surface area contributed by atoms with Gasteiger partial charge in [-0.05, 0) is 60.7 Å². The number of anilines is 5. The van der Waals surface area contributed by atoms with E-state index < -0.39 is 5.92 Å². The molecule has 0 spiro atoms. The molecule has 0 aliphatic carbocycles. The van der Waals surface area contributed by atoms with Crippen molar-refractivity contribution in [1.29, 1.82) is 0 Å². The number of benzene rings is 2. The van der Waals surface area contributed by atoms with Crippen molar-refractivity contribution in [2.75, 3.05) is 54.7 Å². The highest BCUT2D eigenvalue weighted by atomic mass is 35.5. The van der Waals surface area contributed by atoms with Crippen LogP contribution in [0.4, 0.5) is 28.8 Å². The van der Waals surface area contributed by atoms with Crippen LogP contribution in [0.3, 0.4) is 0 Å². The van der Waals surface area contributed by atoms with E-state index in [1.807, 2.05) is 44.4 Å². The SMILES string of the molecule is CN(C)/N=C(\c1ccc(N2CCC(Nc3ncc(Cl)c(Nc4ccc5c(c4)CC(=O)N5C)n3)CC2)cc1)C1CCC(=O)NC1=O. The predicted molar refractivity (Wildman–Crippen MR) is 175 cm³/mol. The molecule has 3 aromatic rings. The molecule has 4 heterocycles. The molecule has 45 heavy (non-hydrogen) atoms. The summed E-state index contributed by atoms with van der Waals surface area (Å²) in [6, 6.07) is 14.1. The van der Waals surface area contributed by atoms with Gasteiger partial charge in [-0.25, -0.2) is 4.98 Å². The molecule has 3 aliphatic heterocycles. The first kappa shape index (κ1) is 30.3. The van der Waals surface area contributed by atoms with E-state index in [0.717, 1.165) is 54.1 Å². The third-order valence-corrected chi connectivity index (χ3v) is 8.67. The zero-order valence-corrected chi connectivity index (χ0v) is 26.3. The molecule has 1 atom stereocenters. The number of imide groups is 1. The molecule has 234 valence electrons. The molecule has 3 aliphatic rings. The highest BCUT2D eigenvalue weighted by Crippen LogP contribution is 2.32. The average molecular weight is 630 g/mol. The van der Waals surface area contributed by atoms with Crippen LogP contribution in [0.2, 0.25) is 5.02 Å². The van der Waals surface area contributed by atoms with Crippen molar-refractivity contribution in [2.45, 2.75) is 38.1 Å². The maximum Gasteiger partial charge on any atom is 0.235 e. The molecule has 13 heteroatoms. The summed E-state index contributed by atoms with van der Waals surface area (Å²) in [6.07, 6.45) is 4.51. The average Bonchev–Trinajstić information content (AvgIpc) is 3.30. The first-order valence-corrected chi connectivity index (χ1v) is 15.4. The van der Waals surface area contributed by atoms with Crippen LogP contribution in [-0.2, 0) is 20.8 Å². The fourth-order valence-corrected chi connectivity index (χ4v) is 6.15. The molecule has 12 nitrogen and oxygen atoms in total. The third kappa shape index (κ3) is 6.70. The molecule has 1 unspecified atom stereocenters. The van der Waals surface area contributed by atoms with E-state index >= 15 is 0 Å². The monoisotopic (exact) mass is 629 g/mol. The Balaban J connectivity index is 1.07. The Morgan fingerprint density at radius 3 is 2.53 bits per heavy atom. The number of nitrogens with zero attached hydrogens (tertiary/aromatic N) is 6. The summed E-state index contributed by atoms with van der Waals surface area (Å²) in [4.78, 5) is 49.3. The van der Waals surface area contributed by atoms with Gasteiger partial charge in [-0.3, -0.25) is 19.7 Å². The first-order chi connectivity index (χ1) is 21.6. The Kier molecular flexibility index (Phi) is 8.57. The molecule has 0 radical (unpaired) electrons. The van der Waals surface area contributed by atoms with Gasteiger partial charge in [0.2, 0.25) is 23.7 Å². The van der Waals surface area contributed by atoms with Gasteiger partial charge in [0.25, 0.3) is 0 Å². The number of likely N-dealkylation sites (N-methyl/N-ethyl adjacent to an activating group) is 1. The summed E-state index contributed by atoms with van der Waals surface area (Å²) in [5, 5.41) is 15.9. The number of hydrogen-bond acceptors (Lipinski definition) is 10. The Morgan fingerprint density at radius 2 is 1.82 bits per heavy atom. The minimum absolute atomic E-state index is 0.0742. The zero-order valence-electron chi connectivity index (χ0n) is 25.5. The van der Waals surface area contributed by atoms with Crippen molar-refractivity contribution in [3.8, 4) is 0 Å². The number of amides is 3. The van der Waals surface area contributed by atoms with Crippen molar-refractivity contribution in [3.05, 3.63) is 64.8 Å². The Morgan fingerprint density at radius 1 is 1.07 bits per heavy atom. The number of halogens is 1. The van der Waals surface area contributed by atoms with E-state index in [2.05, 4.69) is 48.1 Å². The van der Waals surface area contributed by atoms with Gasteiger partial charge in [-0.1, -0.05) is 23.7 Å². The van der Waals surface area contributed by atoms with Crippen molar-refractivity contribution >= 4 is 63.9 Å². The zero-order chi connectivity index (χ0) is 31.7. The molecular formula is C32H36ClN9O3. The van der Waals surface area contributed by atoms with E-state index in [9.17, 15) is 14.4 Å². The highest BCUT2D eigenvalue weighted by molar-refractivity contribution is 6.33. The predicted octanol–water partition coefficient (Wildman–Crippen LogP) is 3.79. The van der Waals surface area contributed by atoms with Crippen LogP contribution in [0.25, 0.3) is 0 Å². The maximum atomic E-state index is 12.6. The van der Waals surface area contributed by atoms with Crippen LogP contribution in [-0.4, -0.2) is 78.7 Å². The molecule has 2 aromatic carbocycles. The van der Waals surface area contributed by atoms with Crippen LogP contribution < -0.4 is 25.8 Å². The van der Waals surface area contributed by atoms with Gasteiger partial charge in [0.1, 0.15) is 5.02 Å². The number of rotatable bonds is 8. The number of piperidine rings is 2. The fraction of sp³-hybridized carbons (Fsp3) is 0.375. The number of fused-ring (bicyclic) bond motifs is 1. The van der Waals surface area contributed by atoms with E-state index in [0.29, 0.717) is 41.8 Å². The van der Waals surface area contributed by atoms with Crippen LogP contribution >= 0.6 is 11.6 Å². The topological polar surface area (TPSA) is 135 Å². The molecule has 3 N–H and O–H groups in total. The molecule has 6 rings (SSSR count). The van der Waals surface area contributed by atoms with Crippen LogP contribution in [0.5, 0.6) is 0 Å². The van der Waals surface area contributed by atoms with Gasteiger partial charge in [0.15, 0.2) is 5.82 Å². The molecule has 3 amide bonds. The minimum atomic E-state index is -0.468. The lowest BCUT2D eigenvalue weighted by Gasteiger charge is -2.34. The van der Waals surface area contributed by atoms with Crippen molar-refractivity contribution < 1.29 is 14.4 Å². The van der Waals surface area contributed by atoms with Crippen LogP contribution in [0, 0.1) is 5.92 Å². The summed E-state index contributed by atoms with van der Waals surface area (Å²) in [6.45, 7) is 1.70. The van der Waals surface area contributed by atoms with Gasteiger partial charge >= 0.3 is 0 Å². The van der Waals surface area contributed by atoms with Crippen molar-refractivity contribution in [3.63, 3.8) is 0 Å². The number of hydrazone groups is 1. The fourth-order valence-electron chi connectivity index (χ4n) is 6.02. The van der Waals surface area contributed by atoms with Gasteiger partial charge in [-0.2, -0.15) is 10.1 Å². The lowest BCUT2D eigenvalue weighted by Crippen LogP contribution is -2.44. The maximum absolute atomic E-state index is 12.6. The number of hydrogen-bond donors (Lipinski definition) is 3. The van der Waals surface area contributed by atoms with Crippen LogP contribution in [0.1, 0.15) is 36.8 Å². The second-order valence-corrected chi connectivity index (χ2v) is 12.2. The lowest BCUT2D eigenvalue weighted by molar-refractivity contribution is -0.134. The minimum Gasteiger partial charge on any atom is -0.371 e. The number of nitrogens with one attached hydrogen (secondary N) is 3. The van der Waals surface area contributed by atoms with Gasteiger partial charge in [-0.15, -0.1) is 0 Å². The van der Waals surface area contributed by atoms with Crippen molar-refractivity contribution in [2.24, 2.45) is 11.0 Å². The van der Waals surface area contributed by atoms with E-state index in [1.54, 1.807) is 23.2 Å². The van der Waals surface area contributed by atoms with Crippen molar-refractivity contribution in [1.82, 2.24) is 20.3 Å². The Hall–Kier alpha value is -4.71. The number of aromatic nitrogens is 2. The Labute approximate surface area is 266 Å². The first-order valence-electron chi connectivity index (χ1n) is 15.0.